The first kappa shape index (κ1) is 16.5. The number of benzene rings is 2. The minimum atomic E-state index is -0.169. The maximum atomic E-state index is 13.0. The van der Waals surface area contributed by atoms with E-state index in [1.165, 1.54) is 12.3 Å². The predicted molar refractivity (Wildman–Crippen MR) is 94.9 cm³/mol. The van der Waals surface area contributed by atoms with Crippen molar-refractivity contribution in [2.45, 2.75) is 6.54 Å². The molecule has 0 fully saturated rings. The van der Waals surface area contributed by atoms with Crippen LogP contribution in [0.1, 0.15) is 5.56 Å². The maximum Gasteiger partial charge on any atom is 0.200 e. The Morgan fingerprint density at radius 1 is 1.08 bits per heavy atom. The van der Waals surface area contributed by atoms with Crippen LogP contribution in [-0.4, -0.2) is 27.3 Å². The molecule has 0 bridgehead atoms. The predicted octanol–water partition coefficient (Wildman–Crippen LogP) is 0.949. The maximum absolute atomic E-state index is 13.0. The normalized spacial score (nSPS) is 13.3. The van der Waals surface area contributed by atoms with Crippen molar-refractivity contribution in [1.82, 2.24) is 0 Å². The van der Waals surface area contributed by atoms with Crippen LogP contribution >= 0.6 is 0 Å². The van der Waals surface area contributed by atoms with Crippen molar-refractivity contribution in [1.29, 1.82) is 0 Å². The second-order valence-electron chi connectivity index (χ2n) is 6.64. The molecule has 0 atom stereocenters. The summed E-state index contributed by atoms with van der Waals surface area (Å²) in [6.07, 6.45) is 1.42. The third-order valence-electron chi connectivity index (χ3n) is 4.38. The van der Waals surface area contributed by atoms with Crippen molar-refractivity contribution in [3.63, 3.8) is 0 Å². The lowest BCUT2D eigenvalue weighted by atomic mass is 10.0. The van der Waals surface area contributed by atoms with Gasteiger partial charge in [0, 0.05) is 5.56 Å². The summed E-state index contributed by atoms with van der Waals surface area (Å²) in [7, 11) is 3.89. The van der Waals surface area contributed by atoms with Crippen LogP contribution in [0.2, 0.25) is 0 Å². The molecule has 1 aliphatic rings. The third-order valence-corrected chi connectivity index (χ3v) is 4.38. The van der Waals surface area contributed by atoms with Gasteiger partial charge in [0.2, 0.25) is 5.43 Å². The molecule has 2 aromatic carbocycles. The molecule has 1 aromatic heterocycles. The molecule has 0 saturated heterocycles. The number of rotatable bonds is 3. The lowest BCUT2D eigenvalue weighted by molar-refractivity contribution is -0.872. The summed E-state index contributed by atoms with van der Waals surface area (Å²) < 4.78 is 16.9. The molecule has 6 nitrogen and oxygen atoms in total. The van der Waals surface area contributed by atoms with Crippen molar-refractivity contribution in [2.75, 3.05) is 27.3 Å². The van der Waals surface area contributed by atoms with E-state index in [0.29, 0.717) is 58.9 Å². The molecule has 0 amide bonds. The number of hydrogen-bond acceptors (Lipinski definition) is 5. The van der Waals surface area contributed by atoms with E-state index in [2.05, 4.69) is 0 Å². The van der Waals surface area contributed by atoms with Crippen molar-refractivity contribution in [3.05, 3.63) is 52.4 Å². The highest BCUT2D eigenvalue weighted by Gasteiger charge is 2.17. The van der Waals surface area contributed by atoms with Gasteiger partial charge in [-0.05, 0) is 23.8 Å². The Morgan fingerprint density at radius 2 is 1.85 bits per heavy atom. The summed E-state index contributed by atoms with van der Waals surface area (Å²) in [6.45, 7) is 1.48. The quantitative estimate of drug-likeness (QED) is 0.759. The lowest BCUT2D eigenvalue weighted by Crippen LogP contribution is -3.04. The molecule has 134 valence electrons. The fourth-order valence-corrected chi connectivity index (χ4v) is 3.17. The summed E-state index contributed by atoms with van der Waals surface area (Å²) in [4.78, 5) is 14.1. The van der Waals surface area contributed by atoms with Gasteiger partial charge in [0.15, 0.2) is 11.5 Å². The van der Waals surface area contributed by atoms with Crippen LogP contribution in [0.3, 0.4) is 0 Å². The molecule has 0 saturated carbocycles. The number of fused-ring (bicyclic) bond motifs is 2. The van der Waals surface area contributed by atoms with Crippen LogP contribution in [0, 0.1) is 0 Å². The minimum absolute atomic E-state index is 0.117. The molecule has 0 unspecified atom stereocenters. The number of ether oxygens (including phenoxy) is 2. The molecular formula is C20H19NO5. The highest BCUT2D eigenvalue weighted by atomic mass is 16.6. The highest BCUT2D eigenvalue weighted by Crippen LogP contribution is 2.34. The van der Waals surface area contributed by atoms with Gasteiger partial charge in [-0.3, -0.25) is 4.79 Å². The fraction of sp³-hybridized carbons (Fsp3) is 0.250. The van der Waals surface area contributed by atoms with E-state index in [1.807, 2.05) is 14.1 Å². The zero-order chi connectivity index (χ0) is 18.3. The second kappa shape index (κ2) is 6.38. The van der Waals surface area contributed by atoms with Crippen molar-refractivity contribution in [3.8, 4) is 28.4 Å². The average molecular weight is 353 g/mol. The summed E-state index contributed by atoms with van der Waals surface area (Å²) in [6, 6.07) is 8.34. The van der Waals surface area contributed by atoms with Gasteiger partial charge in [0.1, 0.15) is 31.6 Å². The van der Waals surface area contributed by atoms with E-state index >= 15 is 0 Å². The zero-order valence-corrected chi connectivity index (χ0v) is 14.6. The Labute approximate surface area is 150 Å². The van der Waals surface area contributed by atoms with E-state index in [1.54, 1.807) is 24.3 Å². The standard InChI is InChI=1S/C20H19NO5/c1-21(2)10-14-16(22)5-4-13-19(23)15(11-26-20(13)14)12-3-6-17-18(9-12)25-8-7-24-17/h3-6,9,11,22H,7-8,10H2,1-2H3. The first-order valence-corrected chi connectivity index (χ1v) is 8.48. The third kappa shape index (κ3) is 2.78. The van der Waals surface area contributed by atoms with E-state index in [0.717, 1.165) is 4.90 Å². The Kier molecular flexibility index (Phi) is 4.05. The molecule has 0 spiro atoms. The van der Waals surface area contributed by atoms with Gasteiger partial charge in [-0.25, -0.2) is 0 Å². The SMILES string of the molecule is C[NH+](C)Cc1c([O-])ccc2c(=O)c(-c3ccc4c(c3)OCCO4)coc12. The second-order valence-corrected chi connectivity index (χ2v) is 6.64. The van der Waals surface area contributed by atoms with E-state index in [4.69, 9.17) is 13.9 Å². The van der Waals surface area contributed by atoms with E-state index in [-0.39, 0.29) is 11.2 Å². The van der Waals surface area contributed by atoms with Gasteiger partial charge < -0.3 is 23.9 Å². The number of nitrogens with one attached hydrogen (secondary N) is 1. The highest BCUT2D eigenvalue weighted by molar-refractivity contribution is 5.85. The van der Waals surface area contributed by atoms with Crippen LogP contribution in [0.15, 0.2) is 45.8 Å². The van der Waals surface area contributed by atoms with Crippen LogP contribution in [0.4, 0.5) is 0 Å². The zero-order valence-electron chi connectivity index (χ0n) is 14.6. The molecule has 1 aliphatic heterocycles. The van der Waals surface area contributed by atoms with Gasteiger partial charge in [0.25, 0.3) is 0 Å². The number of quaternary nitrogens is 1. The fourth-order valence-electron chi connectivity index (χ4n) is 3.17. The smallest absolute Gasteiger partial charge is 0.200 e. The van der Waals surface area contributed by atoms with E-state index in [9.17, 15) is 9.90 Å². The van der Waals surface area contributed by atoms with Crippen LogP contribution in [-0.2, 0) is 6.54 Å². The molecule has 26 heavy (non-hydrogen) atoms. The summed E-state index contributed by atoms with van der Waals surface area (Å²) >= 11 is 0. The monoisotopic (exact) mass is 353 g/mol. The molecular weight excluding hydrogens is 334 g/mol. The van der Waals surface area contributed by atoms with Gasteiger partial charge in [-0.2, -0.15) is 0 Å². The molecule has 6 heteroatoms. The first-order chi connectivity index (χ1) is 12.5. The summed E-state index contributed by atoms with van der Waals surface area (Å²) in [5.74, 6) is 1.16. The molecule has 0 radical (unpaired) electrons. The Bertz CT molecular complexity index is 1040. The molecule has 0 aliphatic carbocycles. The Hall–Kier alpha value is -2.99. The van der Waals surface area contributed by atoms with Gasteiger partial charge >= 0.3 is 0 Å². The summed E-state index contributed by atoms with van der Waals surface area (Å²) in [5, 5.41) is 12.6. The van der Waals surface area contributed by atoms with Gasteiger partial charge in [-0.15, -0.1) is 0 Å². The van der Waals surface area contributed by atoms with Gasteiger partial charge in [0.05, 0.1) is 25.0 Å². The van der Waals surface area contributed by atoms with Crippen molar-refractivity contribution in [2.24, 2.45) is 0 Å². The Balaban J connectivity index is 1.86. The molecule has 2 heterocycles. The van der Waals surface area contributed by atoms with Crippen LogP contribution < -0.4 is 24.9 Å². The molecule has 1 N–H and O–H groups in total. The van der Waals surface area contributed by atoms with E-state index < -0.39 is 0 Å². The molecule has 3 aromatic rings. The van der Waals surface area contributed by atoms with Crippen molar-refractivity contribution >= 4 is 11.0 Å². The largest absolute Gasteiger partial charge is 0.872 e. The Morgan fingerprint density at radius 3 is 2.62 bits per heavy atom. The summed E-state index contributed by atoms with van der Waals surface area (Å²) in [5.41, 5.74) is 1.84. The topological polar surface area (TPSA) is 76.2 Å². The molecule has 4 rings (SSSR count). The van der Waals surface area contributed by atoms with Crippen molar-refractivity contribution < 1.29 is 23.9 Å². The minimum Gasteiger partial charge on any atom is -0.872 e. The lowest BCUT2D eigenvalue weighted by Gasteiger charge is -2.19. The van der Waals surface area contributed by atoms with Crippen LogP contribution in [0.5, 0.6) is 17.2 Å². The average Bonchev–Trinajstić information content (AvgIpc) is 2.64. The van der Waals surface area contributed by atoms with Gasteiger partial charge in [-0.1, -0.05) is 17.9 Å². The van der Waals surface area contributed by atoms with Crippen LogP contribution in [0.25, 0.3) is 22.1 Å². The number of hydrogen-bond donors (Lipinski definition) is 1. The first-order valence-electron chi connectivity index (χ1n) is 8.48.